The number of methoxy groups -OCH3 is 1. The number of nitrogens with zero attached hydrogens (tertiary/aromatic N) is 2. The van der Waals surface area contributed by atoms with Gasteiger partial charge in [0.15, 0.2) is 11.3 Å². The van der Waals surface area contributed by atoms with Crippen molar-refractivity contribution in [3.05, 3.63) is 52.7 Å². The van der Waals surface area contributed by atoms with E-state index in [1.807, 2.05) is 16.8 Å². The molecule has 0 saturated carbocycles. The van der Waals surface area contributed by atoms with Crippen LogP contribution in [-0.2, 0) is 26.5 Å². The molecule has 1 fully saturated rings. The molecule has 6 nitrogen and oxygen atoms in total. The van der Waals surface area contributed by atoms with Crippen molar-refractivity contribution in [3.63, 3.8) is 0 Å². The molecule has 1 aliphatic rings. The number of hydrogen-bond donors (Lipinski definition) is 0. The van der Waals surface area contributed by atoms with E-state index in [2.05, 4.69) is 4.98 Å². The second-order valence-corrected chi connectivity index (χ2v) is 6.75. The number of ether oxygens (including phenoxy) is 3. The summed E-state index contributed by atoms with van der Waals surface area (Å²) in [5.41, 5.74) is 0.550. The van der Waals surface area contributed by atoms with E-state index in [0.717, 1.165) is 5.39 Å². The van der Waals surface area contributed by atoms with Gasteiger partial charge in [0.05, 0.1) is 31.1 Å². The van der Waals surface area contributed by atoms with E-state index in [1.165, 1.54) is 0 Å². The third-order valence-electron chi connectivity index (χ3n) is 4.07. The molecule has 3 aromatic rings. The molecule has 2 aromatic heterocycles. The lowest BCUT2D eigenvalue weighted by Crippen LogP contribution is -2.33. The van der Waals surface area contributed by atoms with Gasteiger partial charge in [0.25, 0.3) is 0 Å². The Morgan fingerprint density at radius 2 is 2.24 bits per heavy atom. The van der Waals surface area contributed by atoms with Crippen LogP contribution in [0.1, 0.15) is 5.76 Å². The quantitative estimate of drug-likeness (QED) is 0.670. The highest BCUT2D eigenvalue weighted by Gasteiger charge is 2.46. The van der Waals surface area contributed by atoms with Crippen LogP contribution in [0.25, 0.3) is 11.0 Å². The summed E-state index contributed by atoms with van der Waals surface area (Å²) in [6.45, 7) is 1.21. The molecule has 1 aromatic carbocycles. The van der Waals surface area contributed by atoms with Crippen LogP contribution in [0, 0.1) is 0 Å². The summed E-state index contributed by atoms with van der Waals surface area (Å²) in [5, 5.41) is 1.77. The fourth-order valence-corrected chi connectivity index (χ4v) is 3.55. The Bertz CT molecular complexity index is 880. The van der Waals surface area contributed by atoms with Gasteiger partial charge in [0.1, 0.15) is 6.10 Å². The van der Waals surface area contributed by atoms with Crippen LogP contribution < -0.4 is 0 Å². The molecule has 0 N–H and O–H groups in total. The van der Waals surface area contributed by atoms with Crippen molar-refractivity contribution < 1.29 is 18.6 Å². The molecule has 1 aliphatic heterocycles. The van der Waals surface area contributed by atoms with Crippen LogP contribution in [0.3, 0.4) is 0 Å². The highest BCUT2D eigenvalue weighted by atomic mass is 35.5. The van der Waals surface area contributed by atoms with E-state index >= 15 is 0 Å². The molecule has 4 rings (SSSR count). The fourth-order valence-electron chi connectivity index (χ4n) is 3.01. The molecule has 0 bridgehead atoms. The van der Waals surface area contributed by atoms with Gasteiger partial charge in [-0.1, -0.05) is 23.2 Å². The molecule has 0 unspecified atom stereocenters. The lowest BCUT2D eigenvalue weighted by Gasteiger charge is -2.26. The third-order valence-corrected chi connectivity index (χ3v) is 4.57. The number of halogens is 2. The Morgan fingerprint density at radius 3 is 3.00 bits per heavy atom. The van der Waals surface area contributed by atoms with Gasteiger partial charge in [0.2, 0.25) is 5.79 Å². The van der Waals surface area contributed by atoms with Crippen molar-refractivity contribution >= 4 is 34.2 Å². The van der Waals surface area contributed by atoms with Crippen LogP contribution in [0.2, 0.25) is 10.0 Å². The second kappa shape index (κ2) is 6.63. The summed E-state index contributed by atoms with van der Waals surface area (Å²) in [5.74, 6) is -0.558. The topological polar surface area (TPSA) is 58.7 Å². The van der Waals surface area contributed by atoms with Gasteiger partial charge in [0, 0.05) is 29.9 Å². The van der Waals surface area contributed by atoms with Crippen molar-refractivity contribution in [1.29, 1.82) is 0 Å². The van der Waals surface area contributed by atoms with Crippen molar-refractivity contribution in [3.8, 4) is 0 Å². The summed E-state index contributed by atoms with van der Waals surface area (Å²) in [6.07, 6.45) is 5.04. The first-order valence-electron chi connectivity index (χ1n) is 7.75. The van der Waals surface area contributed by atoms with Crippen LogP contribution in [-0.4, -0.2) is 36.0 Å². The molecule has 0 radical (unpaired) electrons. The van der Waals surface area contributed by atoms with Gasteiger partial charge < -0.3 is 23.2 Å². The van der Waals surface area contributed by atoms with Crippen LogP contribution in [0.5, 0.6) is 0 Å². The lowest BCUT2D eigenvalue weighted by molar-refractivity contribution is -0.201. The molecule has 8 heteroatoms. The summed E-state index contributed by atoms with van der Waals surface area (Å²) in [6, 6.07) is 5.28. The first kappa shape index (κ1) is 16.9. The molecule has 3 heterocycles. The fraction of sp³-hybridized carbons (Fsp3) is 0.353. The van der Waals surface area contributed by atoms with Gasteiger partial charge in [-0.05, 0) is 18.2 Å². The number of benzene rings is 1. The minimum Gasteiger partial charge on any atom is -0.454 e. The number of aromatic nitrogens is 2. The van der Waals surface area contributed by atoms with E-state index in [0.29, 0.717) is 41.1 Å². The van der Waals surface area contributed by atoms with E-state index < -0.39 is 5.79 Å². The lowest BCUT2D eigenvalue weighted by atomic mass is 10.1. The SMILES string of the molecule is COC[C@H]1CO[C@@](Cn2ccnc2)(c2cc3cc(Cl)cc(Cl)c3o2)O1. The zero-order valence-electron chi connectivity index (χ0n) is 13.4. The molecule has 0 aliphatic carbocycles. The van der Waals surface area contributed by atoms with Gasteiger partial charge in [-0.15, -0.1) is 0 Å². The van der Waals surface area contributed by atoms with Gasteiger partial charge in [-0.25, -0.2) is 4.98 Å². The third kappa shape index (κ3) is 3.16. The maximum Gasteiger partial charge on any atom is 0.247 e. The average molecular weight is 383 g/mol. The predicted octanol–water partition coefficient (Wildman–Crippen LogP) is 3.85. The highest BCUT2D eigenvalue weighted by molar-refractivity contribution is 6.38. The number of hydrogen-bond acceptors (Lipinski definition) is 5. The highest BCUT2D eigenvalue weighted by Crippen LogP contribution is 2.41. The summed E-state index contributed by atoms with van der Waals surface area (Å²) < 4.78 is 25.3. The Kier molecular flexibility index (Phi) is 4.47. The van der Waals surface area contributed by atoms with E-state index in [-0.39, 0.29) is 6.10 Å². The molecule has 0 spiro atoms. The molecule has 0 amide bonds. The summed E-state index contributed by atoms with van der Waals surface area (Å²) in [7, 11) is 1.63. The Balaban J connectivity index is 1.77. The van der Waals surface area contributed by atoms with E-state index in [1.54, 1.807) is 31.8 Å². The minimum atomic E-state index is -1.08. The van der Waals surface area contributed by atoms with Crippen LogP contribution in [0.15, 0.2) is 41.3 Å². The Morgan fingerprint density at radius 1 is 1.36 bits per heavy atom. The first-order valence-corrected chi connectivity index (χ1v) is 8.51. The molecule has 25 heavy (non-hydrogen) atoms. The maximum absolute atomic E-state index is 6.25. The Labute approximate surface area is 154 Å². The molecular formula is C17H16Cl2N2O4. The largest absolute Gasteiger partial charge is 0.454 e. The number of furan rings is 1. The minimum absolute atomic E-state index is 0.194. The normalized spacial score (nSPS) is 23.6. The summed E-state index contributed by atoms with van der Waals surface area (Å²) in [4.78, 5) is 4.07. The van der Waals surface area contributed by atoms with Crippen LogP contribution >= 0.6 is 23.2 Å². The smallest absolute Gasteiger partial charge is 0.247 e. The molecule has 132 valence electrons. The van der Waals surface area contributed by atoms with Gasteiger partial charge in [-0.3, -0.25) is 0 Å². The van der Waals surface area contributed by atoms with Crippen LogP contribution in [0.4, 0.5) is 0 Å². The van der Waals surface area contributed by atoms with Gasteiger partial charge >= 0.3 is 0 Å². The number of imidazole rings is 1. The van der Waals surface area contributed by atoms with E-state index in [9.17, 15) is 0 Å². The first-order chi connectivity index (χ1) is 12.1. The van der Waals surface area contributed by atoms with Crippen molar-refractivity contribution in [2.45, 2.75) is 18.4 Å². The number of rotatable bonds is 5. The van der Waals surface area contributed by atoms with Crippen molar-refractivity contribution in [1.82, 2.24) is 9.55 Å². The number of fused-ring (bicyclic) bond motifs is 1. The average Bonchev–Trinajstić information content (AvgIpc) is 3.28. The maximum atomic E-state index is 6.25. The zero-order chi connectivity index (χ0) is 17.4. The monoisotopic (exact) mass is 382 g/mol. The predicted molar refractivity (Wildman–Crippen MR) is 92.8 cm³/mol. The van der Waals surface area contributed by atoms with Crippen molar-refractivity contribution in [2.75, 3.05) is 20.3 Å². The summed E-state index contributed by atoms with van der Waals surface area (Å²) >= 11 is 12.3. The molecular weight excluding hydrogens is 367 g/mol. The van der Waals surface area contributed by atoms with Gasteiger partial charge in [-0.2, -0.15) is 0 Å². The van der Waals surface area contributed by atoms with Crippen molar-refractivity contribution in [2.24, 2.45) is 0 Å². The second-order valence-electron chi connectivity index (χ2n) is 5.91. The molecule has 2 atom stereocenters. The van der Waals surface area contributed by atoms with E-state index in [4.69, 9.17) is 41.8 Å². The standard InChI is InChI=1S/C17H16Cl2N2O4/c1-22-7-13-8-23-17(25-13,9-21-3-2-20-10-21)15-5-11-4-12(18)6-14(19)16(11)24-15/h2-6,10,13H,7-9H2,1H3/t13-,17+/m0/s1. The Hall–Kier alpha value is -1.57. The zero-order valence-corrected chi connectivity index (χ0v) is 15.0. The molecule has 1 saturated heterocycles.